The maximum absolute atomic E-state index is 3.68. The topological polar surface area (TPSA) is 3.24 Å². The number of rotatable bonds is 6. The Bertz CT molecular complexity index is 78.8. The van der Waals surface area contributed by atoms with Crippen LogP contribution in [0.5, 0.6) is 0 Å². The molecular weight excluding hydrogens is 122 g/mol. The standard InChI is InChI=1S/C9H19N/c1-4-6-7-8-9-10(3)5-2/h4H,1,5-9H2,2-3H3. The second kappa shape index (κ2) is 6.81. The van der Waals surface area contributed by atoms with E-state index in [-0.39, 0.29) is 0 Å². The van der Waals surface area contributed by atoms with Crippen molar-refractivity contribution in [3.63, 3.8) is 0 Å². The fraction of sp³-hybridized carbons (Fsp3) is 0.778. The van der Waals surface area contributed by atoms with Gasteiger partial charge in [-0.3, -0.25) is 0 Å². The molecule has 0 aromatic heterocycles. The highest BCUT2D eigenvalue weighted by Crippen LogP contribution is 1.96. The maximum Gasteiger partial charge on any atom is -0.00218 e. The Hall–Kier alpha value is -0.300. The normalized spacial score (nSPS) is 10.3. The van der Waals surface area contributed by atoms with Crippen LogP contribution in [-0.4, -0.2) is 25.0 Å². The summed E-state index contributed by atoms with van der Waals surface area (Å²) in [4.78, 5) is 2.34. The first-order valence-corrected chi connectivity index (χ1v) is 4.10. The van der Waals surface area contributed by atoms with Crippen LogP contribution in [0.4, 0.5) is 0 Å². The van der Waals surface area contributed by atoms with E-state index in [1.807, 2.05) is 6.08 Å². The summed E-state index contributed by atoms with van der Waals surface area (Å²) in [6.07, 6.45) is 5.74. The van der Waals surface area contributed by atoms with Gasteiger partial charge in [0.1, 0.15) is 0 Å². The molecule has 0 fully saturated rings. The van der Waals surface area contributed by atoms with E-state index in [0.717, 1.165) is 13.0 Å². The Labute approximate surface area is 64.7 Å². The zero-order valence-electron chi connectivity index (χ0n) is 7.27. The summed E-state index contributed by atoms with van der Waals surface area (Å²) >= 11 is 0. The van der Waals surface area contributed by atoms with Crippen LogP contribution in [-0.2, 0) is 0 Å². The summed E-state index contributed by atoms with van der Waals surface area (Å²) < 4.78 is 0. The summed E-state index contributed by atoms with van der Waals surface area (Å²) in [5, 5.41) is 0. The van der Waals surface area contributed by atoms with E-state index in [1.54, 1.807) is 0 Å². The highest BCUT2D eigenvalue weighted by atomic mass is 15.1. The Kier molecular flexibility index (Phi) is 6.61. The quantitative estimate of drug-likeness (QED) is 0.405. The summed E-state index contributed by atoms with van der Waals surface area (Å²) in [5.41, 5.74) is 0. The molecule has 60 valence electrons. The van der Waals surface area contributed by atoms with Crippen LogP contribution in [0.3, 0.4) is 0 Å². The Morgan fingerprint density at radius 1 is 1.40 bits per heavy atom. The van der Waals surface area contributed by atoms with Gasteiger partial charge in [-0.25, -0.2) is 0 Å². The van der Waals surface area contributed by atoms with Crippen molar-refractivity contribution in [1.29, 1.82) is 0 Å². The molecule has 0 radical (unpaired) electrons. The minimum Gasteiger partial charge on any atom is -0.307 e. The summed E-state index contributed by atoms with van der Waals surface area (Å²) in [6, 6.07) is 0. The van der Waals surface area contributed by atoms with Crippen molar-refractivity contribution in [2.75, 3.05) is 20.1 Å². The minimum absolute atomic E-state index is 1.16. The van der Waals surface area contributed by atoms with Crippen molar-refractivity contribution in [3.8, 4) is 0 Å². The molecule has 1 nitrogen and oxygen atoms in total. The summed E-state index contributed by atoms with van der Waals surface area (Å²) in [6.45, 7) is 8.26. The smallest absolute Gasteiger partial charge is 0.00218 e. The van der Waals surface area contributed by atoms with Crippen molar-refractivity contribution < 1.29 is 0 Å². The number of hydrogen-bond acceptors (Lipinski definition) is 1. The molecule has 1 heteroatoms. The molecule has 0 aromatic carbocycles. The van der Waals surface area contributed by atoms with Crippen LogP contribution in [0.15, 0.2) is 12.7 Å². The van der Waals surface area contributed by atoms with Gasteiger partial charge in [0.2, 0.25) is 0 Å². The number of unbranched alkanes of at least 4 members (excludes halogenated alkanes) is 2. The summed E-state index contributed by atoms with van der Waals surface area (Å²) in [5.74, 6) is 0. The Morgan fingerprint density at radius 2 is 2.10 bits per heavy atom. The highest BCUT2D eigenvalue weighted by molar-refractivity contribution is 4.65. The van der Waals surface area contributed by atoms with Gasteiger partial charge in [0.25, 0.3) is 0 Å². The molecule has 0 unspecified atom stereocenters. The number of nitrogens with zero attached hydrogens (tertiary/aromatic N) is 1. The first kappa shape index (κ1) is 9.70. The predicted octanol–water partition coefficient (Wildman–Crippen LogP) is 2.29. The second-order valence-corrected chi connectivity index (χ2v) is 2.68. The van der Waals surface area contributed by atoms with E-state index < -0.39 is 0 Å². The third kappa shape index (κ3) is 5.83. The first-order valence-electron chi connectivity index (χ1n) is 4.10. The Morgan fingerprint density at radius 3 is 2.60 bits per heavy atom. The van der Waals surface area contributed by atoms with Gasteiger partial charge in [-0.1, -0.05) is 13.0 Å². The van der Waals surface area contributed by atoms with Gasteiger partial charge in [0.15, 0.2) is 0 Å². The van der Waals surface area contributed by atoms with E-state index in [0.29, 0.717) is 0 Å². The Balaban J connectivity index is 2.95. The minimum atomic E-state index is 1.16. The molecule has 0 aliphatic rings. The van der Waals surface area contributed by atoms with Crippen LogP contribution in [0.25, 0.3) is 0 Å². The van der Waals surface area contributed by atoms with Gasteiger partial charge in [-0.05, 0) is 39.4 Å². The zero-order valence-corrected chi connectivity index (χ0v) is 7.27. The summed E-state index contributed by atoms with van der Waals surface area (Å²) in [7, 11) is 2.16. The lowest BCUT2D eigenvalue weighted by Crippen LogP contribution is -2.18. The molecule has 0 saturated carbocycles. The van der Waals surface area contributed by atoms with Crippen LogP contribution in [0.1, 0.15) is 26.2 Å². The average Bonchev–Trinajstić information content (AvgIpc) is 1.98. The molecule has 0 heterocycles. The van der Waals surface area contributed by atoms with Gasteiger partial charge in [-0.2, -0.15) is 0 Å². The van der Waals surface area contributed by atoms with E-state index >= 15 is 0 Å². The molecule has 10 heavy (non-hydrogen) atoms. The fourth-order valence-electron chi connectivity index (χ4n) is 0.829. The molecule has 0 spiro atoms. The molecule has 0 atom stereocenters. The van der Waals surface area contributed by atoms with E-state index in [2.05, 4.69) is 25.5 Å². The van der Waals surface area contributed by atoms with Crippen LogP contribution < -0.4 is 0 Å². The zero-order chi connectivity index (χ0) is 7.82. The monoisotopic (exact) mass is 141 g/mol. The SMILES string of the molecule is C=CCCCCN(C)CC. The molecule has 0 amide bonds. The molecule has 0 aromatic rings. The first-order chi connectivity index (χ1) is 4.81. The lowest BCUT2D eigenvalue weighted by Gasteiger charge is -2.12. The highest BCUT2D eigenvalue weighted by Gasteiger charge is 1.91. The van der Waals surface area contributed by atoms with E-state index in [9.17, 15) is 0 Å². The largest absolute Gasteiger partial charge is 0.307 e. The van der Waals surface area contributed by atoms with Crippen molar-refractivity contribution in [1.82, 2.24) is 4.90 Å². The molecule has 0 aliphatic carbocycles. The second-order valence-electron chi connectivity index (χ2n) is 2.68. The van der Waals surface area contributed by atoms with Gasteiger partial charge < -0.3 is 4.90 Å². The fourth-order valence-corrected chi connectivity index (χ4v) is 0.829. The lowest BCUT2D eigenvalue weighted by atomic mass is 10.2. The average molecular weight is 141 g/mol. The third-order valence-electron chi connectivity index (χ3n) is 1.74. The van der Waals surface area contributed by atoms with Crippen molar-refractivity contribution in [3.05, 3.63) is 12.7 Å². The molecule has 0 N–H and O–H groups in total. The molecule has 0 aliphatic heterocycles. The van der Waals surface area contributed by atoms with Gasteiger partial charge in [0.05, 0.1) is 0 Å². The third-order valence-corrected chi connectivity index (χ3v) is 1.74. The van der Waals surface area contributed by atoms with Crippen LogP contribution in [0, 0.1) is 0 Å². The molecule has 0 saturated heterocycles. The van der Waals surface area contributed by atoms with Crippen molar-refractivity contribution in [2.24, 2.45) is 0 Å². The maximum atomic E-state index is 3.68. The lowest BCUT2D eigenvalue weighted by molar-refractivity contribution is 0.344. The number of allylic oxidation sites excluding steroid dienone is 1. The van der Waals surface area contributed by atoms with Crippen LogP contribution in [0.2, 0.25) is 0 Å². The predicted molar refractivity (Wildman–Crippen MR) is 47.2 cm³/mol. The molecule has 0 rings (SSSR count). The van der Waals surface area contributed by atoms with Crippen molar-refractivity contribution >= 4 is 0 Å². The number of hydrogen-bond donors (Lipinski definition) is 0. The van der Waals surface area contributed by atoms with E-state index in [1.165, 1.54) is 19.4 Å². The van der Waals surface area contributed by atoms with Crippen LogP contribution >= 0.6 is 0 Å². The van der Waals surface area contributed by atoms with Gasteiger partial charge in [-0.15, -0.1) is 6.58 Å². The van der Waals surface area contributed by atoms with E-state index in [4.69, 9.17) is 0 Å². The molecular formula is C9H19N. The molecule has 0 bridgehead atoms. The van der Waals surface area contributed by atoms with Gasteiger partial charge in [0, 0.05) is 0 Å². The van der Waals surface area contributed by atoms with Crippen molar-refractivity contribution in [2.45, 2.75) is 26.2 Å². The van der Waals surface area contributed by atoms with Gasteiger partial charge >= 0.3 is 0 Å².